The van der Waals surface area contributed by atoms with Gasteiger partial charge in [0.25, 0.3) is 0 Å². The topological polar surface area (TPSA) is 41.5 Å². The van der Waals surface area contributed by atoms with Crippen LogP contribution in [0.4, 0.5) is 4.39 Å². The van der Waals surface area contributed by atoms with Crippen molar-refractivity contribution in [1.29, 1.82) is 0 Å². The number of hydrogen-bond acceptors (Lipinski definition) is 3. The number of ether oxygens (including phenoxy) is 1. The maximum atomic E-state index is 13.6. The third-order valence-electron chi connectivity index (χ3n) is 2.81. The number of benzene rings is 1. The second-order valence-electron chi connectivity index (χ2n) is 3.80. The van der Waals surface area contributed by atoms with Crippen molar-refractivity contribution >= 4 is 0 Å². The Kier molecular flexibility index (Phi) is 2.63. The van der Waals surface area contributed by atoms with E-state index in [2.05, 4.69) is 5.32 Å². The molecule has 1 aliphatic rings. The average Bonchev–Trinajstić information content (AvgIpc) is 2.67. The Balaban J connectivity index is 2.41. The fourth-order valence-electron chi connectivity index (χ4n) is 1.90. The van der Waals surface area contributed by atoms with E-state index in [1.165, 1.54) is 13.2 Å². The highest BCUT2D eigenvalue weighted by molar-refractivity contribution is 5.34. The predicted molar refractivity (Wildman–Crippen MR) is 54.3 cm³/mol. The van der Waals surface area contributed by atoms with E-state index in [1.54, 1.807) is 12.1 Å². The lowest BCUT2D eigenvalue weighted by atomic mass is 9.92. The van der Waals surface area contributed by atoms with E-state index in [-0.39, 0.29) is 5.82 Å². The van der Waals surface area contributed by atoms with Crippen molar-refractivity contribution in [2.75, 3.05) is 20.2 Å². The zero-order valence-corrected chi connectivity index (χ0v) is 8.59. The van der Waals surface area contributed by atoms with Crippen molar-refractivity contribution in [2.45, 2.75) is 12.0 Å². The van der Waals surface area contributed by atoms with Crippen molar-refractivity contribution in [3.63, 3.8) is 0 Å². The van der Waals surface area contributed by atoms with Crippen molar-refractivity contribution < 1.29 is 14.2 Å². The average molecular weight is 211 g/mol. The molecule has 1 aromatic carbocycles. The normalized spacial score (nSPS) is 25.5. The van der Waals surface area contributed by atoms with Gasteiger partial charge in [0.15, 0.2) is 0 Å². The minimum absolute atomic E-state index is 0.312. The van der Waals surface area contributed by atoms with Crippen LogP contribution >= 0.6 is 0 Å². The quantitative estimate of drug-likeness (QED) is 0.767. The molecule has 0 radical (unpaired) electrons. The van der Waals surface area contributed by atoms with Gasteiger partial charge in [0, 0.05) is 12.1 Å². The summed E-state index contributed by atoms with van der Waals surface area (Å²) >= 11 is 0. The third kappa shape index (κ3) is 1.82. The Labute approximate surface area is 87.9 Å². The molecule has 1 aliphatic heterocycles. The summed E-state index contributed by atoms with van der Waals surface area (Å²) in [6.07, 6.45) is 0.525. The molecule has 4 heteroatoms. The van der Waals surface area contributed by atoms with Gasteiger partial charge in [-0.15, -0.1) is 0 Å². The molecule has 1 fully saturated rings. The monoisotopic (exact) mass is 211 g/mol. The predicted octanol–water partition coefficient (Wildman–Crippen LogP) is 1.02. The largest absolute Gasteiger partial charge is 0.497 e. The highest BCUT2D eigenvalue weighted by Gasteiger charge is 2.35. The molecule has 2 N–H and O–H groups in total. The maximum absolute atomic E-state index is 13.6. The van der Waals surface area contributed by atoms with E-state index in [0.29, 0.717) is 30.8 Å². The zero-order chi connectivity index (χ0) is 10.9. The molecule has 2 rings (SSSR count). The highest BCUT2D eigenvalue weighted by atomic mass is 19.1. The van der Waals surface area contributed by atoms with Crippen LogP contribution in [0.5, 0.6) is 5.75 Å². The number of nitrogens with one attached hydrogen (secondary N) is 1. The first-order valence-corrected chi connectivity index (χ1v) is 4.93. The fourth-order valence-corrected chi connectivity index (χ4v) is 1.90. The first-order valence-electron chi connectivity index (χ1n) is 4.93. The lowest BCUT2D eigenvalue weighted by Gasteiger charge is -2.22. The molecule has 1 heterocycles. The van der Waals surface area contributed by atoms with Gasteiger partial charge in [0.2, 0.25) is 0 Å². The summed E-state index contributed by atoms with van der Waals surface area (Å²) < 4.78 is 18.6. The third-order valence-corrected chi connectivity index (χ3v) is 2.81. The molecule has 82 valence electrons. The second-order valence-corrected chi connectivity index (χ2v) is 3.80. The van der Waals surface area contributed by atoms with E-state index in [4.69, 9.17) is 4.74 Å². The lowest BCUT2D eigenvalue weighted by Crippen LogP contribution is -2.29. The Bertz CT molecular complexity index is 362. The van der Waals surface area contributed by atoms with Crippen LogP contribution in [0.3, 0.4) is 0 Å². The van der Waals surface area contributed by atoms with E-state index < -0.39 is 5.60 Å². The smallest absolute Gasteiger partial charge is 0.129 e. The molecule has 1 aromatic rings. The van der Waals surface area contributed by atoms with Gasteiger partial charge in [-0.1, -0.05) is 0 Å². The number of halogens is 1. The van der Waals surface area contributed by atoms with Crippen LogP contribution in [0.25, 0.3) is 0 Å². The molecule has 0 aromatic heterocycles. The molecular weight excluding hydrogens is 197 g/mol. The molecule has 0 spiro atoms. The van der Waals surface area contributed by atoms with Gasteiger partial charge in [-0.3, -0.25) is 0 Å². The highest BCUT2D eigenvalue weighted by Crippen LogP contribution is 2.31. The van der Waals surface area contributed by atoms with Crippen molar-refractivity contribution in [3.8, 4) is 5.75 Å². The van der Waals surface area contributed by atoms with Crippen molar-refractivity contribution in [1.82, 2.24) is 5.32 Å². The molecular formula is C11H14FNO2. The van der Waals surface area contributed by atoms with Gasteiger partial charge in [-0.05, 0) is 31.2 Å². The van der Waals surface area contributed by atoms with E-state index in [9.17, 15) is 9.50 Å². The first-order chi connectivity index (χ1) is 7.15. The minimum atomic E-state index is -1.10. The number of methoxy groups -OCH3 is 1. The Morgan fingerprint density at radius 1 is 1.53 bits per heavy atom. The van der Waals surface area contributed by atoms with Gasteiger partial charge in [0.05, 0.1) is 7.11 Å². The summed E-state index contributed by atoms with van der Waals surface area (Å²) in [6.45, 7) is 1.09. The summed E-state index contributed by atoms with van der Waals surface area (Å²) in [5.41, 5.74) is -0.787. The second kappa shape index (κ2) is 3.79. The van der Waals surface area contributed by atoms with Gasteiger partial charge < -0.3 is 15.2 Å². The summed E-state index contributed by atoms with van der Waals surface area (Å²) in [5.74, 6) is 0.175. The molecule has 1 atom stereocenters. The molecule has 1 saturated heterocycles. The van der Waals surface area contributed by atoms with Gasteiger partial charge in [-0.2, -0.15) is 0 Å². The van der Waals surface area contributed by atoms with Crippen LogP contribution in [0.15, 0.2) is 18.2 Å². The van der Waals surface area contributed by atoms with Crippen LogP contribution < -0.4 is 10.1 Å². The van der Waals surface area contributed by atoms with Crippen LogP contribution in [-0.2, 0) is 5.60 Å². The molecule has 3 nitrogen and oxygen atoms in total. The van der Waals surface area contributed by atoms with Crippen molar-refractivity contribution in [2.24, 2.45) is 0 Å². The lowest BCUT2D eigenvalue weighted by molar-refractivity contribution is 0.0546. The minimum Gasteiger partial charge on any atom is -0.497 e. The SMILES string of the molecule is COc1ccc(F)c(C2(O)CCNC2)c1. The van der Waals surface area contributed by atoms with Gasteiger partial charge in [-0.25, -0.2) is 4.39 Å². The van der Waals surface area contributed by atoms with E-state index in [1.807, 2.05) is 0 Å². The Hall–Kier alpha value is -1.13. The number of aliphatic hydroxyl groups is 1. The van der Waals surface area contributed by atoms with E-state index in [0.717, 1.165) is 0 Å². The van der Waals surface area contributed by atoms with Crippen molar-refractivity contribution in [3.05, 3.63) is 29.6 Å². The number of hydrogen-bond donors (Lipinski definition) is 2. The summed E-state index contributed by atoms with van der Waals surface area (Å²) in [7, 11) is 1.52. The van der Waals surface area contributed by atoms with Crippen LogP contribution in [0, 0.1) is 5.82 Å². The van der Waals surface area contributed by atoms with E-state index >= 15 is 0 Å². The first kappa shape index (κ1) is 10.4. The Morgan fingerprint density at radius 3 is 2.93 bits per heavy atom. The summed E-state index contributed by atoms with van der Waals surface area (Å²) in [5, 5.41) is 13.2. The molecule has 15 heavy (non-hydrogen) atoms. The number of rotatable bonds is 2. The van der Waals surface area contributed by atoms with Crippen LogP contribution in [0.1, 0.15) is 12.0 Å². The van der Waals surface area contributed by atoms with Gasteiger partial charge in [0.1, 0.15) is 17.2 Å². The molecule has 0 saturated carbocycles. The zero-order valence-electron chi connectivity index (χ0n) is 8.59. The molecule has 0 bridgehead atoms. The van der Waals surface area contributed by atoms with Crippen LogP contribution in [-0.4, -0.2) is 25.3 Å². The fraction of sp³-hybridized carbons (Fsp3) is 0.455. The standard InChI is InChI=1S/C11H14FNO2/c1-15-8-2-3-10(12)9(6-8)11(14)4-5-13-7-11/h2-3,6,13-14H,4-5,7H2,1H3. The molecule has 0 amide bonds. The molecule has 1 unspecified atom stereocenters. The molecule has 0 aliphatic carbocycles. The maximum Gasteiger partial charge on any atom is 0.129 e. The number of β-amino-alcohol motifs (C(OH)–C–C–N with tert-alkyl or cyclic N) is 1. The van der Waals surface area contributed by atoms with Crippen LogP contribution in [0.2, 0.25) is 0 Å². The Morgan fingerprint density at radius 2 is 2.33 bits per heavy atom. The summed E-state index contributed by atoms with van der Waals surface area (Å²) in [4.78, 5) is 0. The van der Waals surface area contributed by atoms with Gasteiger partial charge >= 0.3 is 0 Å². The summed E-state index contributed by atoms with van der Waals surface area (Å²) in [6, 6.07) is 4.43.